The van der Waals surface area contributed by atoms with E-state index in [9.17, 15) is 4.79 Å². The zero-order valence-electron chi connectivity index (χ0n) is 14.8. The third-order valence-corrected chi connectivity index (χ3v) is 6.03. The summed E-state index contributed by atoms with van der Waals surface area (Å²) in [5.41, 5.74) is 5.94. The van der Waals surface area contributed by atoms with Gasteiger partial charge in [-0.1, -0.05) is 13.3 Å². The predicted octanol–water partition coefficient (Wildman–Crippen LogP) is 2.19. The smallest absolute Gasteiger partial charge is 0.240 e. The van der Waals surface area contributed by atoms with E-state index >= 15 is 0 Å². The van der Waals surface area contributed by atoms with Crippen LogP contribution in [0.2, 0.25) is 0 Å². The Morgan fingerprint density at radius 3 is 2.22 bits per heavy atom. The molecule has 1 spiro atoms. The molecule has 0 bridgehead atoms. The van der Waals surface area contributed by atoms with Gasteiger partial charge in [0.15, 0.2) is 5.79 Å². The molecule has 2 aliphatic carbocycles. The second-order valence-corrected chi connectivity index (χ2v) is 8.58. The fourth-order valence-electron chi connectivity index (χ4n) is 4.74. The maximum absolute atomic E-state index is 12.4. The lowest BCUT2D eigenvalue weighted by Gasteiger charge is -2.42. The average Bonchev–Trinajstić information content (AvgIpc) is 2.95. The summed E-state index contributed by atoms with van der Waals surface area (Å²) in [6.07, 6.45) is 5.87. The Hall–Kier alpha value is -0.650. The summed E-state index contributed by atoms with van der Waals surface area (Å²) in [4.78, 5) is 12.4. The molecule has 132 valence electrons. The van der Waals surface area contributed by atoms with Crippen molar-refractivity contribution in [2.24, 2.45) is 23.0 Å². The van der Waals surface area contributed by atoms with E-state index in [1.165, 1.54) is 0 Å². The van der Waals surface area contributed by atoms with Crippen LogP contribution in [0.15, 0.2) is 0 Å². The van der Waals surface area contributed by atoms with E-state index in [4.69, 9.17) is 15.2 Å². The van der Waals surface area contributed by atoms with E-state index in [1.54, 1.807) is 0 Å². The highest BCUT2D eigenvalue weighted by atomic mass is 16.7. The van der Waals surface area contributed by atoms with Crippen molar-refractivity contribution in [3.8, 4) is 0 Å². The molecule has 3 aliphatic rings. The topological polar surface area (TPSA) is 73.6 Å². The van der Waals surface area contributed by atoms with Gasteiger partial charge in [0.25, 0.3) is 0 Å². The largest absolute Gasteiger partial charge is 0.355 e. The van der Waals surface area contributed by atoms with Crippen molar-refractivity contribution in [2.45, 2.75) is 70.6 Å². The van der Waals surface area contributed by atoms with E-state index < -0.39 is 11.3 Å². The van der Waals surface area contributed by atoms with Crippen LogP contribution in [0.3, 0.4) is 0 Å². The SMILES string of the molecule is CCCCNC(=O)C1(N)C[C@@H]2CC3(COC(C)(C)OC3)C[C@H]2C1. The maximum atomic E-state index is 12.4. The first-order chi connectivity index (χ1) is 10.8. The molecule has 0 unspecified atom stereocenters. The molecule has 1 saturated heterocycles. The Balaban J connectivity index is 1.56. The summed E-state index contributed by atoms with van der Waals surface area (Å²) < 4.78 is 11.8. The summed E-state index contributed by atoms with van der Waals surface area (Å²) in [5, 5.41) is 3.02. The van der Waals surface area contributed by atoms with Crippen molar-refractivity contribution in [3.63, 3.8) is 0 Å². The zero-order chi connectivity index (χ0) is 16.7. The standard InChI is InChI=1S/C18H32N2O3/c1-4-5-6-20-15(21)18(19)9-13-7-17(8-14(13)10-18)11-22-16(2,3)23-12-17/h13-14H,4-12,19H2,1-3H3,(H,20,21)/t13-,14-/m0/s1. The minimum atomic E-state index is -0.666. The number of carbonyl (C=O) groups excluding carboxylic acids is 1. The van der Waals surface area contributed by atoms with Crippen molar-refractivity contribution >= 4 is 5.91 Å². The Morgan fingerprint density at radius 2 is 1.70 bits per heavy atom. The van der Waals surface area contributed by atoms with Gasteiger partial charge in [-0.25, -0.2) is 0 Å². The van der Waals surface area contributed by atoms with Crippen molar-refractivity contribution in [2.75, 3.05) is 19.8 Å². The monoisotopic (exact) mass is 324 g/mol. The molecule has 3 rings (SSSR count). The molecule has 1 amide bonds. The summed E-state index contributed by atoms with van der Waals surface area (Å²) in [5.74, 6) is 0.655. The molecular formula is C18H32N2O3. The second-order valence-electron chi connectivity index (χ2n) is 8.58. The molecule has 0 radical (unpaired) electrons. The predicted molar refractivity (Wildman–Crippen MR) is 88.7 cm³/mol. The summed E-state index contributed by atoms with van der Waals surface area (Å²) >= 11 is 0. The lowest BCUT2D eigenvalue weighted by Crippen LogP contribution is -2.53. The number of carbonyl (C=O) groups is 1. The number of amides is 1. The second kappa shape index (κ2) is 6.01. The van der Waals surface area contributed by atoms with Crippen LogP contribution >= 0.6 is 0 Å². The normalized spacial score (nSPS) is 33.6. The van der Waals surface area contributed by atoms with Gasteiger partial charge in [-0.2, -0.15) is 0 Å². The van der Waals surface area contributed by atoms with Gasteiger partial charge in [0.05, 0.1) is 18.8 Å². The van der Waals surface area contributed by atoms with Crippen LogP contribution in [0.4, 0.5) is 0 Å². The lowest BCUT2D eigenvalue weighted by molar-refractivity contribution is -0.285. The van der Waals surface area contributed by atoms with Crippen LogP contribution in [-0.2, 0) is 14.3 Å². The minimum Gasteiger partial charge on any atom is -0.355 e. The first kappa shape index (κ1) is 17.2. The van der Waals surface area contributed by atoms with Crippen LogP contribution in [0.25, 0.3) is 0 Å². The number of hydrogen-bond donors (Lipinski definition) is 2. The van der Waals surface area contributed by atoms with E-state index in [-0.39, 0.29) is 11.3 Å². The van der Waals surface area contributed by atoms with Gasteiger partial charge in [0.2, 0.25) is 5.91 Å². The van der Waals surface area contributed by atoms with E-state index in [1.807, 2.05) is 13.8 Å². The van der Waals surface area contributed by atoms with Gasteiger partial charge in [0.1, 0.15) is 0 Å². The molecule has 2 saturated carbocycles. The van der Waals surface area contributed by atoms with Gasteiger partial charge in [-0.05, 0) is 57.8 Å². The number of fused-ring (bicyclic) bond motifs is 1. The Labute approximate surface area is 139 Å². The number of rotatable bonds is 4. The number of nitrogens with two attached hydrogens (primary N) is 1. The Bertz CT molecular complexity index is 437. The zero-order valence-corrected chi connectivity index (χ0v) is 14.8. The molecule has 1 aliphatic heterocycles. The third kappa shape index (κ3) is 3.42. The third-order valence-electron chi connectivity index (χ3n) is 6.03. The molecular weight excluding hydrogens is 292 g/mol. The van der Waals surface area contributed by atoms with Crippen molar-refractivity contribution in [1.29, 1.82) is 0 Å². The fourth-order valence-corrected chi connectivity index (χ4v) is 4.74. The van der Waals surface area contributed by atoms with Crippen LogP contribution in [0, 0.1) is 17.3 Å². The maximum Gasteiger partial charge on any atom is 0.240 e. The van der Waals surface area contributed by atoms with Gasteiger partial charge in [-0.15, -0.1) is 0 Å². The molecule has 1 heterocycles. The first-order valence-corrected chi connectivity index (χ1v) is 9.13. The molecule has 2 atom stereocenters. The average molecular weight is 324 g/mol. The van der Waals surface area contributed by atoms with Crippen molar-refractivity contribution in [1.82, 2.24) is 5.32 Å². The summed E-state index contributed by atoms with van der Waals surface area (Å²) in [6, 6.07) is 0. The number of unbranched alkanes of at least 4 members (excludes halogenated alkanes) is 1. The van der Waals surface area contributed by atoms with Gasteiger partial charge in [-0.3, -0.25) is 4.79 Å². The minimum absolute atomic E-state index is 0.0478. The van der Waals surface area contributed by atoms with Crippen LogP contribution < -0.4 is 11.1 Å². The highest BCUT2D eigenvalue weighted by Crippen LogP contribution is 2.56. The molecule has 3 N–H and O–H groups in total. The summed E-state index contributed by atoms with van der Waals surface area (Å²) in [6.45, 7) is 8.35. The molecule has 0 aromatic heterocycles. The number of nitrogens with one attached hydrogen (secondary N) is 1. The van der Waals surface area contributed by atoms with Crippen molar-refractivity contribution < 1.29 is 14.3 Å². The lowest BCUT2D eigenvalue weighted by atomic mass is 9.81. The fraction of sp³-hybridized carbons (Fsp3) is 0.944. The van der Waals surface area contributed by atoms with E-state index in [0.717, 1.165) is 58.3 Å². The number of ether oxygens (including phenoxy) is 2. The molecule has 5 heteroatoms. The van der Waals surface area contributed by atoms with Crippen LogP contribution in [-0.4, -0.2) is 37.0 Å². The molecule has 3 fully saturated rings. The molecule has 0 aromatic rings. The Kier molecular flexibility index (Phi) is 4.49. The van der Waals surface area contributed by atoms with Gasteiger partial charge < -0.3 is 20.5 Å². The van der Waals surface area contributed by atoms with Crippen molar-refractivity contribution in [3.05, 3.63) is 0 Å². The molecule has 5 nitrogen and oxygen atoms in total. The van der Waals surface area contributed by atoms with Crippen LogP contribution in [0.1, 0.15) is 59.3 Å². The Morgan fingerprint density at radius 1 is 1.13 bits per heavy atom. The summed E-state index contributed by atoms with van der Waals surface area (Å²) in [7, 11) is 0. The van der Waals surface area contributed by atoms with E-state index in [2.05, 4.69) is 12.2 Å². The quantitative estimate of drug-likeness (QED) is 0.778. The molecule has 0 aromatic carbocycles. The first-order valence-electron chi connectivity index (χ1n) is 9.13. The highest BCUT2D eigenvalue weighted by molar-refractivity contribution is 5.86. The van der Waals surface area contributed by atoms with Gasteiger partial charge >= 0.3 is 0 Å². The number of hydrogen-bond acceptors (Lipinski definition) is 4. The van der Waals surface area contributed by atoms with Gasteiger partial charge in [0, 0.05) is 12.0 Å². The highest BCUT2D eigenvalue weighted by Gasteiger charge is 2.57. The molecule has 23 heavy (non-hydrogen) atoms. The van der Waals surface area contributed by atoms with E-state index in [0.29, 0.717) is 11.8 Å². The van der Waals surface area contributed by atoms with Crippen LogP contribution in [0.5, 0.6) is 0 Å².